The Bertz CT molecular complexity index is 1240. The lowest BCUT2D eigenvalue weighted by Gasteiger charge is -2.09. The van der Waals surface area contributed by atoms with E-state index in [2.05, 4.69) is 4.98 Å². The molecule has 26 heavy (non-hydrogen) atoms. The molecule has 4 aromatic rings. The van der Waals surface area contributed by atoms with E-state index in [4.69, 9.17) is 33.0 Å². The first kappa shape index (κ1) is 16.6. The second-order valence-corrected chi connectivity index (χ2v) is 6.47. The van der Waals surface area contributed by atoms with Gasteiger partial charge in [-0.15, -0.1) is 0 Å². The maximum Gasteiger partial charge on any atom is 0.345 e. The smallest absolute Gasteiger partial charge is 0.345 e. The van der Waals surface area contributed by atoms with E-state index in [1.54, 1.807) is 48.2 Å². The van der Waals surface area contributed by atoms with Crippen LogP contribution < -0.4 is 10.4 Å². The van der Waals surface area contributed by atoms with E-state index < -0.39 is 5.63 Å². The molecule has 0 saturated carbocycles. The molecule has 0 aliphatic heterocycles. The molecule has 2 aromatic carbocycles. The van der Waals surface area contributed by atoms with Crippen LogP contribution >= 0.6 is 23.8 Å². The number of methoxy groups -OCH3 is 1. The van der Waals surface area contributed by atoms with Crippen molar-refractivity contribution in [1.29, 1.82) is 0 Å². The Labute approximate surface area is 158 Å². The Hall–Kier alpha value is -2.83. The van der Waals surface area contributed by atoms with E-state index in [1.807, 2.05) is 18.2 Å². The highest BCUT2D eigenvalue weighted by Gasteiger charge is 2.14. The molecular weight excluding hydrogens is 372 g/mol. The summed E-state index contributed by atoms with van der Waals surface area (Å²) < 4.78 is 12.9. The highest BCUT2D eigenvalue weighted by atomic mass is 35.5. The third kappa shape index (κ3) is 2.83. The fourth-order valence-electron chi connectivity index (χ4n) is 2.81. The van der Waals surface area contributed by atoms with Crippen LogP contribution in [0.2, 0.25) is 5.02 Å². The fourth-order valence-corrected chi connectivity index (χ4v) is 3.24. The monoisotopic (exact) mass is 384 g/mol. The Morgan fingerprint density at radius 2 is 2.00 bits per heavy atom. The summed E-state index contributed by atoms with van der Waals surface area (Å²) in [7, 11) is 1.57. The molecular formula is C19H13ClN2O3S. The minimum Gasteiger partial charge on any atom is -0.495 e. The first-order valence-corrected chi connectivity index (χ1v) is 8.54. The lowest BCUT2D eigenvalue weighted by molar-refractivity contribution is 0.413. The SMILES string of the molecule is COc1ccc(Cl)cc1-n1cc(-c2cc3ccccc3oc2=O)[nH]c1=S. The molecule has 0 aliphatic rings. The summed E-state index contributed by atoms with van der Waals surface area (Å²) in [5.41, 5.74) is 1.73. The van der Waals surface area contributed by atoms with Gasteiger partial charge in [-0.25, -0.2) is 4.79 Å². The van der Waals surface area contributed by atoms with Crippen molar-refractivity contribution in [2.45, 2.75) is 0 Å². The Kier molecular flexibility index (Phi) is 4.14. The molecule has 0 aliphatic carbocycles. The van der Waals surface area contributed by atoms with Gasteiger partial charge in [-0.1, -0.05) is 29.8 Å². The van der Waals surface area contributed by atoms with Crippen LogP contribution in [0.25, 0.3) is 27.9 Å². The van der Waals surface area contributed by atoms with Gasteiger partial charge >= 0.3 is 5.63 Å². The minimum absolute atomic E-state index is 0.398. The zero-order valence-electron chi connectivity index (χ0n) is 13.7. The summed E-state index contributed by atoms with van der Waals surface area (Å²) in [6.45, 7) is 0. The molecule has 7 heteroatoms. The molecule has 5 nitrogen and oxygen atoms in total. The predicted octanol–water partition coefficient (Wildman–Crippen LogP) is 4.97. The number of fused-ring (bicyclic) bond motifs is 1. The molecule has 0 spiro atoms. The first-order chi connectivity index (χ1) is 12.6. The summed E-state index contributed by atoms with van der Waals surface area (Å²) in [5.74, 6) is 0.613. The van der Waals surface area contributed by atoms with Crippen molar-refractivity contribution in [2.24, 2.45) is 0 Å². The number of hydrogen-bond acceptors (Lipinski definition) is 4. The quantitative estimate of drug-likeness (QED) is 0.400. The van der Waals surface area contributed by atoms with E-state index >= 15 is 0 Å². The van der Waals surface area contributed by atoms with Crippen LogP contribution in [-0.2, 0) is 0 Å². The highest BCUT2D eigenvalue weighted by molar-refractivity contribution is 7.71. The molecule has 0 saturated heterocycles. The van der Waals surface area contributed by atoms with Gasteiger partial charge in [-0.2, -0.15) is 0 Å². The van der Waals surface area contributed by atoms with E-state index in [-0.39, 0.29) is 0 Å². The van der Waals surface area contributed by atoms with Gasteiger partial charge in [-0.3, -0.25) is 4.57 Å². The van der Waals surface area contributed by atoms with Crippen LogP contribution in [0, 0.1) is 4.77 Å². The third-order valence-electron chi connectivity index (χ3n) is 4.05. The van der Waals surface area contributed by atoms with Gasteiger partial charge in [0.05, 0.1) is 24.1 Å². The summed E-state index contributed by atoms with van der Waals surface area (Å²) >= 11 is 11.5. The zero-order valence-corrected chi connectivity index (χ0v) is 15.2. The normalized spacial score (nSPS) is 11.0. The zero-order chi connectivity index (χ0) is 18.3. The van der Waals surface area contributed by atoms with Crippen LogP contribution in [0.1, 0.15) is 0 Å². The Balaban J connectivity index is 1.91. The third-order valence-corrected chi connectivity index (χ3v) is 4.58. The van der Waals surface area contributed by atoms with Gasteiger partial charge in [-0.05, 0) is 42.5 Å². The topological polar surface area (TPSA) is 60.2 Å². The van der Waals surface area contributed by atoms with Gasteiger partial charge in [0.1, 0.15) is 11.3 Å². The van der Waals surface area contributed by atoms with E-state index in [1.165, 1.54) is 0 Å². The largest absolute Gasteiger partial charge is 0.495 e. The number of benzene rings is 2. The average molecular weight is 385 g/mol. The standard InChI is InChI=1S/C19H13ClN2O3S/c1-24-17-7-6-12(20)9-15(17)22-10-14(21-19(22)26)13-8-11-4-2-3-5-16(11)25-18(13)23/h2-10H,1H3,(H,21,26). The number of nitrogens with zero attached hydrogens (tertiary/aromatic N) is 1. The number of halogens is 1. The van der Waals surface area contributed by atoms with Crippen LogP contribution in [0.3, 0.4) is 0 Å². The number of ether oxygens (including phenoxy) is 1. The van der Waals surface area contributed by atoms with Gasteiger partial charge in [0.15, 0.2) is 4.77 Å². The van der Waals surface area contributed by atoms with Crippen molar-refractivity contribution in [3.63, 3.8) is 0 Å². The number of nitrogens with one attached hydrogen (secondary N) is 1. The predicted molar refractivity (Wildman–Crippen MR) is 104 cm³/mol. The summed E-state index contributed by atoms with van der Waals surface area (Å²) in [5, 5.41) is 1.38. The molecule has 0 amide bonds. The van der Waals surface area contributed by atoms with Crippen LogP contribution in [0.5, 0.6) is 5.75 Å². The van der Waals surface area contributed by atoms with Crippen molar-refractivity contribution in [2.75, 3.05) is 7.11 Å². The van der Waals surface area contributed by atoms with Gasteiger partial charge in [0.25, 0.3) is 0 Å². The molecule has 0 bridgehead atoms. The first-order valence-electron chi connectivity index (χ1n) is 7.75. The number of rotatable bonds is 3. The van der Waals surface area contributed by atoms with Gasteiger partial charge in [0, 0.05) is 16.6 Å². The Morgan fingerprint density at radius 1 is 1.19 bits per heavy atom. The average Bonchev–Trinajstić information content (AvgIpc) is 3.02. The molecule has 130 valence electrons. The van der Waals surface area contributed by atoms with E-state index in [0.717, 1.165) is 5.39 Å². The van der Waals surface area contributed by atoms with E-state index in [9.17, 15) is 4.79 Å². The van der Waals surface area contributed by atoms with Crippen molar-refractivity contribution in [3.8, 4) is 22.7 Å². The number of imidazole rings is 1. The number of aromatic amines is 1. The van der Waals surface area contributed by atoms with Crippen molar-refractivity contribution >= 4 is 34.8 Å². The molecule has 0 unspecified atom stereocenters. The van der Waals surface area contributed by atoms with Crippen molar-refractivity contribution in [1.82, 2.24) is 9.55 Å². The Morgan fingerprint density at radius 3 is 2.81 bits per heavy atom. The maximum absolute atomic E-state index is 12.4. The fraction of sp³-hybridized carbons (Fsp3) is 0.0526. The number of para-hydroxylation sites is 1. The van der Waals surface area contributed by atoms with E-state index in [0.29, 0.717) is 38.1 Å². The summed E-state index contributed by atoms with van der Waals surface area (Å²) in [6.07, 6.45) is 1.73. The molecule has 2 heterocycles. The lowest BCUT2D eigenvalue weighted by Crippen LogP contribution is -2.02. The van der Waals surface area contributed by atoms with Crippen LogP contribution in [0.15, 0.2) is 63.9 Å². The number of hydrogen-bond donors (Lipinski definition) is 1. The van der Waals surface area contributed by atoms with Gasteiger partial charge < -0.3 is 14.1 Å². The summed E-state index contributed by atoms with van der Waals surface area (Å²) in [4.78, 5) is 15.4. The molecule has 0 fully saturated rings. The van der Waals surface area contributed by atoms with Crippen LogP contribution in [-0.4, -0.2) is 16.7 Å². The minimum atomic E-state index is -0.440. The van der Waals surface area contributed by atoms with Crippen molar-refractivity contribution in [3.05, 3.63) is 74.9 Å². The molecule has 0 atom stereocenters. The summed E-state index contributed by atoms with van der Waals surface area (Å²) in [6, 6.07) is 14.4. The second-order valence-electron chi connectivity index (χ2n) is 5.64. The molecule has 2 aromatic heterocycles. The molecule has 4 rings (SSSR count). The number of aromatic nitrogens is 2. The van der Waals surface area contributed by atoms with Crippen LogP contribution in [0.4, 0.5) is 0 Å². The second kappa shape index (κ2) is 6.48. The molecule has 1 N–H and O–H groups in total. The maximum atomic E-state index is 12.4. The number of H-pyrrole nitrogens is 1. The highest BCUT2D eigenvalue weighted by Crippen LogP contribution is 2.28. The van der Waals surface area contributed by atoms with Gasteiger partial charge in [0.2, 0.25) is 0 Å². The molecule has 0 radical (unpaired) electrons. The van der Waals surface area contributed by atoms with Crippen molar-refractivity contribution < 1.29 is 9.15 Å². The lowest BCUT2D eigenvalue weighted by atomic mass is 10.1.